The molecule has 0 N–H and O–H groups in total. The van der Waals surface area contributed by atoms with E-state index >= 15 is 0 Å². The maximum atomic E-state index is 11.7. The minimum Gasteiger partial charge on any atom is -0.349 e. The molecule has 0 saturated carbocycles. The van der Waals surface area contributed by atoms with Gasteiger partial charge in [0.2, 0.25) is 5.91 Å². The molecule has 2 fully saturated rings. The second kappa shape index (κ2) is 20.8. The fraction of sp³-hybridized carbons (Fsp3) is 0.714. The summed E-state index contributed by atoms with van der Waals surface area (Å²) in [6.07, 6.45) is 4.21. The molecule has 0 aromatic rings. The first-order valence-corrected chi connectivity index (χ1v) is 16.7. The molecule has 2 heterocycles. The van der Waals surface area contributed by atoms with E-state index in [9.17, 15) is 9.59 Å². The van der Waals surface area contributed by atoms with Crippen molar-refractivity contribution in [3.05, 3.63) is 25.3 Å². The van der Waals surface area contributed by atoms with Crippen LogP contribution < -0.4 is 0 Å². The number of hydrogen-bond donors (Lipinski definition) is 0. The maximum Gasteiger partial charge on any atom is 0.246 e. The topological polar surface area (TPSA) is 83.5 Å². The lowest BCUT2D eigenvalue weighted by Gasteiger charge is -2.31. The van der Waals surface area contributed by atoms with Crippen molar-refractivity contribution in [2.75, 3.05) is 40.6 Å². The third kappa shape index (κ3) is 13.7. The first-order valence-electron chi connectivity index (χ1n) is 10.1. The van der Waals surface area contributed by atoms with Gasteiger partial charge in [-0.1, -0.05) is 33.4 Å². The summed E-state index contributed by atoms with van der Waals surface area (Å²) in [5.41, 5.74) is -0.904. The number of amides is 1. The van der Waals surface area contributed by atoms with Crippen LogP contribution in [0.3, 0.4) is 0 Å². The van der Waals surface area contributed by atoms with Crippen LogP contribution in [0, 0.1) is 10.8 Å². The van der Waals surface area contributed by atoms with E-state index < -0.39 is 11.7 Å². The lowest BCUT2D eigenvalue weighted by molar-refractivity contribution is -0.176. The minimum absolute atomic E-state index is 0. The Morgan fingerprint density at radius 2 is 1.40 bits per heavy atom. The standard InChI is InChI=1S/C11H19NO4.C9H14O3.CH4.S6/c1-5-11(2,10-15-6-7-16-10)8-9(13)12(3)14-4;1-3-9(2,4-5-10)8-11-6-7-12-8;;1-3-5-6-4-2/h5,10H,1,6-8H2,2-4H3;3,5,8H,1,4,6-7H2,2H3;1H4;/t11-;9-;;/m11../s1. The molecule has 0 aromatic carbocycles. The number of hydrogen-bond acceptors (Lipinski definition) is 9. The Labute approximate surface area is 230 Å². The Kier molecular flexibility index (Phi) is 21.9. The van der Waals surface area contributed by atoms with E-state index in [-0.39, 0.29) is 31.5 Å². The average molecular weight is 608 g/mol. The number of hydroxylamine groups is 2. The van der Waals surface area contributed by atoms with Crippen molar-refractivity contribution in [2.45, 2.75) is 46.7 Å². The summed E-state index contributed by atoms with van der Waals surface area (Å²) in [4.78, 5) is 27.0. The van der Waals surface area contributed by atoms with Gasteiger partial charge in [0.05, 0.1) is 33.5 Å². The molecule has 0 aliphatic carbocycles. The van der Waals surface area contributed by atoms with E-state index in [1.54, 1.807) is 19.2 Å². The summed E-state index contributed by atoms with van der Waals surface area (Å²) in [6, 6.07) is 0. The third-order valence-electron chi connectivity index (χ3n) is 5.02. The van der Waals surface area contributed by atoms with Gasteiger partial charge in [-0.2, -0.15) is 0 Å². The zero-order valence-electron chi connectivity index (χ0n) is 19.8. The molecule has 2 aliphatic rings. The summed E-state index contributed by atoms with van der Waals surface area (Å²) < 4.78 is 21.5. The molecule has 0 aromatic heterocycles. The average Bonchev–Trinajstić information content (AvgIpc) is 3.58. The van der Waals surface area contributed by atoms with Crippen LogP contribution in [0.5, 0.6) is 0 Å². The summed E-state index contributed by atoms with van der Waals surface area (Å²) >= 11 is 9.03. The normalized spacial score (nSPS) is 18.4. The van der Waals surface area contributed by atoms with E-state index in [0.29, 0.717) is 32.8 Å². The molecule has 14 heteroatoms. The Morgan fingerprint density at radius 1 is 1.00 bits per heavy atom. The van der Waals surface area contributed by atoms with Crippen molar-refractivity contribution in [2.24, 2.45) is 10.8 Å². The molecule has 204 valence electrons. The lowest BCUT2D eigenvalue weighted by Crippen LogP contribution is -2.37. The first kappa shape index (κ1) is 36.9. The van der Waals surface area contributed by atoms with Gasteiger partial charge in [-0.05, 0) is 0 Å². The Hall–Kier alpha value is -0.260. The highest BCUT2D eigenvalue weighted by Crippen LogP contribution is 2.33. The highest BCUT2D eigenvalue weighted by molar-refractivity contribution is 8.64. The number of carbonyl (C=O) groups excluding carboxylic acids is 2. The number of nitrogens with zero attached hydrogens (tertiary/aromatic N) is 1. The molecule has 0 spiro atoms. The van der Waals surface area contributed by atoms with Crippen molar-refractivity contribution in [1.29, 1.82) is 0 Å². The van der Waals surface area contributed by atoms with Crippen LogP contribution >= 0.6 is 0 Å². The van der Waals surface area contributed by atoms with Crippen LogP contribution in [0.15, 0.2) is 25.3 Å². The zero-order chi connectivity index (χ0) is 26.0. The number of rotatable bonds is 9. The lowest BCUT2D eigenvalue weighted by atomic mass is 9.85. The molecule has 1 amide bonds. The smallest absolute Gasteiger partial charge is 0.246 e. The predicted octanol–water partition coefficient (Wildman–Crippen LogP) is 2.72. The summed E-state index contributed by atoms with van der Waals surface area (Å²) in [5, 5.41) is 1.19. The van der Waals surface area contributed by atoms with Gasteiger partial charge in [0.15, 0.2) is 12.6 Å². The predicted molar refractivity (Wildman–Crippen MR) is 154 cm³/mol. The Bertz CT molecular complexity index is 806. The molecule has 0 unspecified atom stereocenters. The quantitative estimate of drug-likeness (QED) is 0.223. The fourth-order valence-electron chi connectivity index (χ4n) is 2.75. The zero-order valence-corrected chi connectivity index (χ0v) is 24.7. The van der Waals surface area contributed by atoms with E-state index in [4.69, 9.17) is 23.8 Å². The Morgan fingerprint density at radius 3 is 1.71 bits per heavy atom. The molecule has 8 nitrogen and oxygen atoms in total. The molecule has 2 atom stereocenters. The van der Waals surface area contributed by atoms with Gasteiger partial charge in [0, 0.05) is 88.6 Å². The molecule has 0 bridgehead atoms. The van der Waals surface area contributed by atoms with Crippen molar-refractivity contribution in [3.8, 4) is 0 Å². The molecule has 2 aliphatic heterocycles. The van der Waals surface area contributed by atoms with Crippen LogP contribution in [0.1, 0.15) is 34.1 Å². The molecular formula is C21H37NO7S6. The van der Waals surface area contributed by atoms with Crippen molar-refractivity contribution < 1.29 is 33.4 Å². The Balaban J connectivity index is 0. The molecule has 0 radical (unpaired) electrons. The van der Waals surface area contributed by atoms with Crippen LogP contribution in [0.25, 0.3) is 0 Å². The van der Waals surface area contributed by atoms with E-state index in [2.05, 4.69) is 35.5 Å². The van der Waals surface area contributed by atoms with Crippen molar-refractivity contribution in [3.63, 3.8) is 0 Å². The first-order chi connectivity index (χ1) is 16.2. The van der Waals surface area contributed by atoms with Crippen LogP contribution in [-0.2, 0) is 91.3 Å². The second-order valence-electron chi connectivity index (χ2n) is 7.46. The molecule has 2 rings (SSSR count). The van der Waals surface area contributed by atoms with Crippen molar-refractivity contribution in [1.82, 2.24) is 5.06 Å². The number of ether oxygens (including phenoxy) is 4. The van der Waals surface area contributed by atoms with Gasteiger partial charge in [0.25, 0.3) is 0 Å². The molecule has 2 saturated heterocycles. The van der Waals surface area contributed by atoms with Crippen LogP contribution in [0.4, 0.5) is 0 Å². The van der Waals surface area contributed by atoms with Gasteiger partial charge in [0.1, 0.15) is 6.29 Å². The van der Waals surface area contributed by atoms with Gasteiger partial charge < -0.3 is 23.7 Å². The van der Waals surface area contributed by atoms with E-state index in [0.717, 1.165) is 6.29 Å². The van der Waals surface area contributed by atoms with Crippen LogP contribution in [-0.4, -0.2) is 70.4 Å². The third-order valence-corrected chi connectivity index (χ3v) is 11.7. The van der Waals surface area contributed by atoms with Gasteiger partial charge >= 0.3 is 0 Å². The molecular weight excluding hydrogens is 571 g/mol. The van der Waals surface area contributed by atoms with E-state index in [1.165, 1.54) is 47.7 Å². The highest BCUT2D eigenvalue weighted by atomic mass is 33.3. The van der Waals surface area contributed by atoms with Gasteiger partial charge in [-0.3, -0.25) is 9.63 Å². The van der Waals surface area contributed by atoms with Gasteiger partial charge in [-0.25, -0.2) is 5.06 Å². The maximum absolute atomic E-state index is 11.7. The number of aldehydes is 1. The SMILES string of the molecule is C.C=C[C@](C)(CC(=O)N(C)OC)C1OCCO1.C=C[C@](C)(CC=O)C1OCCO1.S=S=S=S=S=S. The number of carbonyl (C=O) groups is 2. The summed E-state index contributed by atoms with van der Waals surface area (Å²) in [6.45, 7) is 13.5. The second-order valence-corrected chi connectivity index (χ2v) is 14.5. The van der Waals surface area contributed by atoms with Crippen molar-refractivity contribution >= 4 is 70.1 Å². The highest BCUT2D eigenvalue weighted by Gasteiger charge is 2.38. The van der Waals surface area contributed by atoms with Crippen LogP contribution in [0.2, 0.25) is 0 Å². The molecule has 35 heavy (non-hydrogen) atoms. The largest absolute Gasteiger partial charge is 0.349 e. The monoisotopic (exact) mass is 607 g/mol. The minimum atomic E-state index is -0.527. The summed E-state index contributed by atoms with van der Waals surface area (Å²) in [5.74, 6) is -0.135. The van der Waals surface area contributed by atoms with E-state index in [1.807, 2.05) is 13.8 Å². The fourth-order valence-corrected chi connectivity index (χ4v) is 8.24. The van der Waals surface area contributed by atoms with Gasteiger partial charge in [-0.15, -0.1) is 13.2 Å². The summed E-state index contributed by atoms with van der Waals surface area (Å²) in [7, 11) is 8.66.